The number of Topliss-reactive ketones (excluding diaryl/α,β-unsaturated/α-hetero) is 1. The van der Waals surface area contributed by atoms with Gasteiger partial charge in [-0.15, -0.1) is 0 Å². The number of pyridine rings is 1. The van der Waals surface area contributed by atoms with Crippen LogP contribution in [0.2, 0.25) is 0 Å². The quantitative estimate of drug-likeness (QED) is 0.562. The molecule has 4 rings (SSSR count). The Bertz CT molecular complexity index is 1410. The number of imidazole rings is 1. The first-order valence-corrected chi connectivity index (χ1v) is 8.73. The molecule has 2 aromatic heterocycles. The van der Waals surface area contributed by atoms with Crippen molar-refractivity contribution in [2.45, 2.75) is 13.8 Å². The summed E-state index contributed by atoms with van der Waals surface area (Å²) in [5.41, 5.74) is 3.61. The van der Waals surface area contributed by atoms with Crippen LogP contribution in [0.4, 0.5) is 5.69 Å². The monoisotopic (exact) mass is 368 g/mol. The van der Waals surface area contributed by atoms with Crippen molar-refractivity contribution in [1.82, 2.24) is 9.38 Å². The summed E-state index contributed by atoms with van der Waals surface area (Å²) in [5.74, 6) is -0.0394. The Hall–Kier alpha value is -3.98. The van der Waals surface area contributed by atoms with E-state index in [-0.39, 0.29) is 11.3 Å². The van der Waals surface area contributed by atoms with Gasteiger partial charge in [-0.25, -0.2) is 4.98 Å². The molecule has 0 bridgehead atoms. The highest BCUT2D eigenvalue weighted by atomic mass is 16.1. The zero-order valence-electron chi connectivity index (χ0n) is 15.4. The maximum atomic E-state index is 13.2. The number of hydrogen-bond acceptors (Lipinski definition) is 5. The third-order valence-corrected chi connectivity index (χ3v) is 4.76. The van der Waals surface area contributed by atoms with E-state index in [4.69, 9.17) is 0 Å². The summed E-state index contributed by atoms with van der Waals surface area (Å²) in [6.07, 6.45) is 1.58. The van der Waals surface area contributed by atoms with Crippen LogP contribution in [0.5, 0.6) is 0 Å². The maximum Gasteiger partial charge on any atom is 0.265 e. The van der Waals surface area contributed by atoms with Crippen molar-refractivity contribution in [2.75, 3.05) is 5.32 Å². The lowest BCUT2D eigenvalue weighted by Crippen LogP contribution is -2.34. The molecule has 0 saturated heterocycles. The smallest absolute Gasteiger partial charge is 0.265 e. The van der Waals surface area contributed by atoms with Crippen LogP contribution in [0.1, 0.15) is 28.4 Å². The number of carbonyl (C=O) groups excluding carboxylic acids is 1. The molecule has 0 amide bonds. The third-order valence-electron chi connectivity index (χ3n) is 4.76. The molecule has 6 heteroatoms. The van der Waals surface area contributed by atoms with Crippen LogP contribution >= 0.6 is 0 Å². The van der Waals surface area contributed by atoms with Gasteiger partial charge >= 0.3 is 0 Å². The second-order valence-electron chi connectivity index (χ2n) is 6.52. The molecule has 0 radical (unpaired) electrons. The second kappa shape index (κ2) is 6.63. The Morgan fingerprint density at radius 3 is 2.75 bits per heavy atom. The molecule has 0 unspecified atom stereocenters. The molecule has 1 N–H and O–H groups in total. The fourth-order valence-corrected chi connectivity index (χ4v) is 3.27. The Balaban J connectivity index is 1.97. The molecular formula is C22H16N4O2. The summed E-state index contributed by atoms with van der Waals surface area (Å²) in [6, 6.07) is 16.5. The predicted octanol–water partition coefficient (Wildman–Crippen LogP) is 2.80. The van der Waals surface area contributed by atoms with Gasteiger partial charge < -0.3 is 5.32 Å². The Morgan fingerprint density at radius 1 is 1.21 bits per heavy atom. The Kier molecular flexibility index (Phi) is 4.13. The maximum absolute atomic E-state index is 13.2. The number of para-hydroxylation sites is 2. The van der Waals surface area contributed by atoms with E-state index in [9.17, 15) is 14.9 Å². The zero-order valence-corrected chi connectivity index (χ0v) is 15.4. The Labute approximate surface area is 160 Å². The largest absolute Gasteiger partial charge is 0.361 e. The Morgan fingerprint density at radius 2 is 2.00 bits per heavy atom. The predicted molar refractivity (Wildman–Crippen MR) is 108 cm³/mol. The highest BCUT2D eigenvalue weighted by Gasteiger charge is 2.15. The molecule has 0 aliphatic carbocycles. The highest BCUT2D eigenvalue weighted by molar-refractivity contribution is 5.95. The first-order valence-electron chi connectivity index (χ1n) is 8.73. The van der Waals surface area contributed by atoms with Gasteiger partial charge in [0.05, 0.1) is 21.8 Å². The summed E-state index contributed by atoms with van der Waals surface area (Å²) in [5, 5.41) is 13.1. The lowest BCUT2D eigenvalue weighted by atomic mass is 10.1. The number of nitrogens with zero attached hydrogens (tertiary/aromatic N) is 3. The van der Waals surface area contributed by atoms with Crippen molar-refractivity contribution in [3.05, 3.63) is 80.8 Å². The van der Waals surface area contributed by atoms with Crippen molar-refractivity contribution < 1.29 is 4.79 Å². The second-order valence-corrected chi connectivity index (χ2v) is 6.52. The van der Waals surface area contributed by atoms with E-state index in [0.717, 1.165) is 0 Å². The van der Waals surface area contributed by atoms with E-state index >= 15 is 0 Å². The molecular weight excluding hydrogens is 352 g/mol. The fourth-order valence-electron chi connectivity index (χ4n) is 3.27. The van der Waals surface area contributed by atoms with Crippen molar-refractivity contribution in [3.63, 3.8) is 0 Å². The van der Waals surface area contributed by atoms with Gasteiger partial charge in [0.2, 0.25) is 0 Å². The molecule has 0 aliphatic heterocycles. The molecule has 0 fully saturated rings. The van der Waals surface area contributed by atoms with Crippen molar-refractivity contribution in [1.29, 1.82) is 5.26 Å². The summed E-state index contributed by atoms with van der Waals surface area (Å²) in [4.78, 5) is 29.2. The van der Waals surface area contributed by atoms with E-state index in [1.165, 1.54) is 11.3 Å². The van der Waals surface area contributed by atoms with Gasteiger partial charge in [0, 0.05) is 17.5 Å². The summed E-state index contributed by atoms with van der Waals surface area (Å²) in [7, 11) is 0. The van der Waals surface area contributed by atoms with Crippen molar-refractivity contribution in [2.24, 2.45) is 0 Å². The molecule has 4 aromatic rings. The molecule has 136 valence electrons. The number of fused-ring (bicyclic) bond motifs is 3. The molecule has 28 heavy (non-hydrogen) atoms. The third kappa shape index (κ3) is 2.70. The molecule has 0 saturated carbocycles. The van der Waals surface area contributed by atoms with Crippen LogP contribution in [-0.2, 0) is 0 Å². The fraction of sp³-hybridized carbons (Fsp3) is 0.0909. The lowest BCUT2D eigenvalue weighted by Gasteiger charge is -2.05. The molecule has 0 spiro atoms. The first kappa shape index (κ1) is 17.4. The summed E-state index contributed by atoms with van der Waals surface area (Å²) < 4.78 is 1.47. The van der Waals surface area contributed by atoms with E-state index in [1.54, 1.807) is 43.5 Å². The van der Waals surface area contributed by atoms with Crippen LogP contribution < -0.4 is 16.1 Å². The minimum absolute atomic E-state index is 0.0394. The molecule has 2 heterocycles. The lowest BCUT2D eigenvalue weighted by molar-refractivity contribution is 0.101. The number of aromatic nitrogens is 2. The standard InChI is InChI=1S/C22H16N4O2/c1-13-17(11-23)21-25-19-8-3-4-9-20(19)26(21)22(28)18(13)12-24-16-7-5-6-15(10-16)14(2)27/h3-10,12,24H,1-2H3/b18-12-. The SMILES string of the molecule is CC(=O)c1cccc(N/C=c2/c(C)c(C#N)c3nc4ccccc4n3c2=O)c1. The number of nitriles is 1. The van der Waals surface area contributed by atoms with Gasteiger partial charge in [0.1, 0.15) is 6.07 Å². The zero-order chi connectivity index (χ0) is 19.8. The van der Waals surface area contributed by atoms with E-state index in [0.29, 0.717) is 44.3 Å². The van der Waals surface area contributed by atoms with Gasteiger partial charge in [-0.05, 0) is 43.7 Å². The number of carbonyl (C=O) groups is 1. The van der Waals surface area contributed by atoms with Gasteiger partial charge in [0.25, 0.3) is 5.56 Å². The van der Waals surface area contributed by atoms with E-state index < -0.39 is 0 Å². The normalized spacial score (nSPS) is 11.7. The number of hydrogen-bond donors (Lipinski definition) is 1. The van der Waals surface area contributed by atoms with E-state index in [1.807, 2.05) is 18.2 Å². The van der Waals surface area contributed by atoms with Gasteiger partial charge in [-0.2, -0.15) is 5.26 Å². The summed E-state index contributed by atoms with van der Waals surface area (Å²) in [6.45, 7) is 3.23. The number of anilines is 1. The molecule has 2 aromatic carbocycles. The average molecular weight is 368 g/mol. The van der Waals surface area contributed by atoms with Gasteiger partial charge in [-0.3, -0.25) is 14.0 Å². The number of nitrogens with one attached hydrogen (secondary N) is 1. The van der Waals surface area contributed by atoms with Crippen LogP contribution in [0.15, 0.2) is 53.3 Å². The topological polar surface area (TPSA) is 87.3 Å². The molecule has 6 nitrogen and oxygen atoms in total. The minimum atomic E-state index is -0.254. The summed E-state index contributed by atoms with van der Waals surface area (Å²) >= 11 is 0. The van der Waals surface area contributed by atoms with Gasteiger partial charge in [-0.1, -0.05) is 24.3 Å². The van der Waals surface area contributed by atoms with E-state index in [2.05, 4.69) is 16.4 Å². The van der Waals surface area contributed by atoms with Crippen molar-refractivity contribution in [3.8, 4) is 6.07 Å². The molecule has 0 atom stereocenters. The van der Waals surface area contributed by atoms with Crippen LogP contribution in [0.3, 0.4) is 0 Å². The van der Waals surface area contributed by atoms with Crippen LogP contribution in [0, 0.1) is 18.3 Å². The number of rotatable bonds is 3. The minimum Gasteiger partial charge on any atom is -0.361 e. The van der Waals surface area contributed by atoms with Gasteiger partial charge in [0.15, 0.2) is 11.4 Å². The number of benzene rings is 2. The number of ketones is 1. The highest BCUT2D eigenvalue weighted by Crippen LogP contribution is 2.17. The van der Waals surface area contributed by atoms with Crippen molar-refractivity contribution >= 4 is 34.4 Å². The molecule has 0 aliphatic rings. The van der Waals surface area contributed by atoms with Crippen LogP contribution in [0.25, 0.3) is 22.9 Å². The first-order chi connectivity index (χ1) is 13.5. The average Bonchev–Trinajstić information content (AvgIpc) is 3.08. The van der Waals surface area contributed by atoms with Crippen LogP contribution in [-0.4, -0.2) is 15.2 Å².